The molecule has 1 aliphatic rings. The summed E-state index contributed by atoms with van der Waals surface area (Å²) in [6, 6.07) is 4.02. The Hall–Kier alpha value is -1.13. The number of hydrogen-bond acceptors (Lipinski definition) is 4. The quantitative estimate of drug-likeness (QED) is 0.884. The van der Waals surface area contributed by atoms with Gasteiger partial charge in [0.2, 0.25) is 0 Å². The van der Waals surface area contributed by atoms with Crippen LogP contribution in [0.1, 0.15) is 45.1 Å². The third kappa shape index (κ3) is 3.49. The van der Waals surface area contributed by atoms with E-state index in [2.05, 4.69) is 23.7 Å². The molecule has 0 radical (unpaired) electrons. The normalized spacial score (nSPS) is 19.6. The largest absolute Gasteiger partial charge is 0.383 e. The lowest BCUT2D eigenvalue weighted by molar-refractivity contribution is 0.0979. The Morgan fingerprint density at radius 2 is 1.90 bits per heavy atom. The number of pyridine rings is 1. The Morgan fingerprint density at radius 1 is 1.25 bits per heavy atom. The van der Waals surface area contributed by atoms with Gasteiger partial charge in [-0.3, -0.25) is 4.90 Å². The summed E-state index contributed by atoms with van der Waals surface area (Å²) < 4.78 is 0. The van der Waals surface area contributed by atoms with Crippen LogP contribution in [-0.4, -0.2) is 34.6 Å². The lowest BCUT2D eigenvalue weighted by Gasteiger charge is -2.42. The summed E-state index contributed by atoms with van der Waals surface area (Å²) in [4.78, 5) is 6.70. The molecule has 2 rings (SSSR count). The van der Waals surface area contributed by atoms with Crippen LogP contribution >= 0.6 is 0 Å². The minimum atomic E-state index is -0.00732. The zero-order valence-electron chi connectivity index (χ0n) is 12.8. The van der Waals surface area contributed by atoms with Crippen molar-refractivity contribution < 1.29 is 0 Å². The lowest BCUT2D eigenvalue weighted by Crippen LogP contribution is -2.57. The van der Waals surface area contributed by atoms with E-state index in [9.17, 15) is 0 Å². The van der Waals surface area contributed by atoms with Gasteiger partial charge in [0.15, 0.2) is 0 Å². The Bertz CT molecular complexity index is 422. The highest BCUT2D eigenvalue weighted by Gasteiger charge is 2.33. The molecule has 0 spiro atoms. The molecule has 0 aliphatic carbocycles. The summed E-state index contributed by atoms with van der Waals surface area (Å²) in [6.07, 6.45) is 7.76. The van der Waals surface area contributed by atoms with Crippen LogP contribution in [0.2, 0.25) is 0 Å². The van der Waals surface area contributed by atoms with E-state index >= 15 is 0 Å². The molecule has 112 valence electrons. The zero-order chi connectivity index (χ0) is 14.6. The first-order valence-electron chi connectivity index (χ1n) is 7.72. The van der Waals surface area contributed by atoms with E-state index in [0.29, 0.717) is 5.82 Å². The topological polar surface area (TPSA) is 68.2 Å². The summed E-state index contributed by atoms with van der Waals surface area (Å²) in [6.45, 7) is 6.83. The minimum absolute atomic E-state index is 0.00732. The van der Waals surface area contributed by atoms with Gasteiger partial charge in [0, 0.05) is 17.8 Å². The van der Waals surface area contributed by atoms with Gasteiger partial charge in [-0.1, -0.05) is 18.9 Å². The second-order valence-corrected chi connectivity index (χ2v) is 6.41. The van der Waals surface area contributed by atoms with E-state index in [1.54, 1.807) is 6.20 Å². The van der Waals surface area contributed by atoms with Gasteiger partial charge in [-0.2, -0.15) is 0 Å². The van der Waals surface area contributed by atoms with Gasteiger partial charge in [-0.25, -0.2) is 4.98 Å². The van der Waals surface area contributed by atoms with Crippen LogP contribution in [0, 0.1) is 0 Å². The summed E-state index contributed by atoms with van der Waals surface area (Å²) in [5.74, 6) is 0.606. The SMILES string of the molecule is CC(C)(C(N)Cc1cccnc1N)N1CCCCCC1. The molecule has 0 bridgehead atoms. The van der Waals surface area contributed by atoms with Crippen molar-refractivity contribution in [1.82, 2.24) is 9.88 Å². The maximum Gasteiger partial charge on any atom is 0.126 e. The molecule has 4 heteroatoms. The highest BCUT2D eigenvalue weighted by molar-refractivity contribution is 5.39. The monoisotopic (exact) mass is 276 g/mol. The standard InChI is InChI=1S/C16H28N4/c1-16(2,20-10-5-3-4-6-11-20)14(17)12-13-8-7-9-19-15(13)18/h7-9,14H,3-6,10-12,17H2,1-2H3,(H2,18,19). The first-order valence-corrected chi connectivity index (χ1v) is 7.72. The lowest BCUT2D eigenvalue weighted by atomic mass is 9.88. The molecular weight excluding hydrogens is 248 g/mol. The van der Waals surface area contributed by atoms with Crippen LogP contribution in [-0.2, 0) is 6.42 Å². The zero-order valence-corrected chi connectivity index (χ0v) is 12.8. The Balaban J connectivity index is 2.06. The first kappa shape index (κ1) is 15.3. The average molecular weight is 276 g/mol. The molecule has 4 nitrogen and oxygen atoms in total. The van der Waals surface area contributed by atoms with Crippen molar-refractivity contribution in [3.05, 3.63) is 23.9 Å². The van der Waals surface area contributed by atoms with E-state index in [1.807, 2.05) is 12.1 Å². The molecule has 1 aromatic rings. The van der Waals surface area contributed by atoms with E-state index in [0.717, 1.165) is 25.1 Å². The Morgan fingerprint density at radius 3 is 2.50 bits per heavy atom. The van der Waals surface area contributed by atoms with E-state index in [-0.39, 0.29) is 11.6 Å². The highest BCUT2D eigenvalue weighted by atomic mass is 15.2. The van der Waals surface area contributed by atoms with Crippen LogP contribution in [0.15, 0.2) is 18.3 Å². The highest BCUT2D eigenvalue weighted by Crippen LogP contribution is 2.25. The fourth-order valence-electron chi connectivity index (χ4n) is 2.99. The van der Waals surface area contributed by atoms with Gasteiger partial charge < -0.3 is 11.5 Å². The predicted octanol–water partition coefficient (Wildman–Crippen LogP) is 2.19. The van der Waals surface area contributed by atoms with Crippen molar-refractivity contribution in [3.63, 3.8) is 0 Å². The molecule has 20 heavy (non-hydrogen) atoms. The molecule has 2 heterocycles. The van der Waals surface area contributed by atoms with Crippen molar-refractivity contribution in [1.29, 1.82) is 0 Å². The van der Waals surface area contributed by atoms with E-state index in [1.165, 1.54) is 25.7 Å². The maximum absolute atomic E-state index is 6.51. The van der Waals surface area contributed by atoms with Crippen LogP contribution in [0.4, 0.5) is 5.82 Å². The number of nitrogens with zero attached hydrogens (tertiary/aromatic N) is 2. The average Bonchev–Trinajstić information content (AvgIpc) is 2.70. The molecule has 1 atom stereocenters. The van der Waals surface area contributed by atoms with Crippen molar-refractivity contribution in [2.75, 3.05) is 18.8 Å². The van der Waals surface area contributed by atoms with Gasteiger partial charge in [-0.15, -0.1) is 0 Å². The maximum atomic E-state index is 6.51. The van der Waals surface area contributed by atoms with Gasteiger partial charge in [-0.05, 0) is 57.8 Å². The smallest absolute Gasteiger partial charge is 0.126 e. The third-order valence-corrected chi connectivity index (χ3v) is 4.69. The van der Waals surface area contributed by atoms with Gasteiger partial charge in [0.1, 0.15) is 5.82 Å². The summed E-state index contributed by atoms with van der Waals surface area (Å²) in [5, 5.41) is 0. The first-order chi connectivity index (χ1) is 9.51. The van der Waals surface area contributed by atoms with Crippen molar-refractivity contribution >= 4 is 5.82 Å². The van der Waals surface area contributed by atoms with Gasteiger partial charge in [0.05, 0.1) is 0 Å². The molecule has 1 fully saturated rings. The van der Waals surface area contributed by atoms with E-state index < -0.39 is 0 Å². The number of rotatable bonds is 4. The number of nitrogens with two attached hydrogens (primary N) is 2. The second-order valence-electron chi connectivity index (χ2n) is 6.41. The van der Waals surface area contributed by atoms with Gasteiger partial charge in [0.25, 0.3) is 0 Å². The van der Waals surface area contributed by atoms with Crippen molar-refractivity contribution in [2.45, 2.75) is 57.5 Å². The summed E-state index contributed by atoms with van der Waals surface area (Å²) in [5.41, 5.74) is 13.5. The number of likely N-dealkylation sites (tertiary alicyclic amines) is 1. The summed E-state index contributed by atoms with van der Waals surface area (Å²) >= 11 is 0. The number of aromatic nitrogens is 1. The Kier molecular flexibility index (Phi) is 5.00. The molecule has 1 aliphatic heterocycles. The van der Waals surface area contributed by atoms with Crippen LogP contribution < -0.4 is 11.5 Å². The molecule has 1 saturated heterocycles. The predicted molar refractivity (Wildman–Crippen MR) is 84.4 cm³/mol. The fourth-order valence-corrected chi connectivity index (χ4v) is 2.99. The molecular formula is C16H28N4. The second kappa shape index (κ2) is 6.55. The fraction of sp³-hybridized carbons (Fsp3) is 0.688. The molecule has 0 amide bonds. The molecule has 0 saturated carbocycles. The van der Waals surface area contributed by atoms with Crippen LogP contribution in [0.3, 0.4) is 0 Å². The van der Waals surface area contributed by atoms with Crippen LogP contribution in [0.5, 0.6) is 0 Å². The third-order valence-electron chi connectivity index (χ3n) is 4.69. The number of hydrogen-bond donors (Lipinski definition) is 2. The number of anilines is 1. The van der Waals surface area contributed by atoms with E-state index in [4.69, 9.17) is 11.5 Å². The van der Waals surface area contributed by atoms with Gasteiger partial charge >= 0.3 is 0 Å². The molecule has 0 aromatic carbocycles. The molecule has 4 N–H and O–H groups in total. The Labute approximate surface area is 122 Å². The minimum Gasteiger partial charge on any atom is -0.383 e. The number of nitrogen functional groups attached to an aromatic ring is 1. The molecule has 1 aromatic heterocycles. The molecule has 1 unspecified atom stereocenters. The van der Waals surface area contributed by atoms with Crippen LogP contribution in [0.25, 0.3) is 0 Å². The van der Waals surface area contributed by atoms with Crippen molar-refractivity contribution in [3.8, 4) is 0 Å². The van der Waals surface area contributed by atoms with Crippen molar-refractivity contribution in [2.24, 2.45) is 5.73 Å². The summed E-state index contributed by atoms with van der Waals surface area (Å²) in [7, 11) is 0.